The minimum atomic E-state index is -0.123. The SMILES string of the molecule is CN1Cc2c(cccc2-c2ccccc2-c2ccc(CO)o2)C1=O. The third-order valence-electron chi connectivity index (χ3n) is 4.45. The molecule has 0 aliphatic carbocycles. The van der Waals surface area contributed by atoms with Crippen molar-refractivity contribution in [2.75, 3.05) is 7.05 Å². The predicted molar refractivity (Wildman–Crippen MR) is 91.3 cm³/mol. The van der Waals surface area contributed by atoms with Crippen molar-refractivity contribution in [3.8, 4) is 22.5 Å². The quantitative estimate of drug-likeness (QED) is 0.801. The molecule has 120 valence electrons. The van der Waals surface area contributed by atoms with E-state index >= 15 is 0 Å². The van der Waals surface area contributed by atoms with Crippen molar-refractivity contribution in [1.29, 1.82) is 0 Å². The summed E-state index contributed by atoms with van der Waals surface area (Å²) in [6.45, 7) is 0.487. The molecule has 0 atom stereocenters. The number of furan rings is 1. The lowest BCUT2D eigenvalue weighted by Crippen LogP contribution is -2.17. The van der Waals surface area contributed by atoms with E-state index in [0.717, 1.165) is 27.8 Å². The maximum absolute atomic E-state index is 12.3. The zero-order valence-corrected chi connectivity index (χ0v) is 13.3. The van der Waals surface area contributed by atoms with Crippen molar-refractivity contribution in [2.24, 2.45) is 0 Å². The number of benzene rings is 2. The van der Waals surface area contributed by atoms with Gasteiger partial charge in [0.05, 0.1) is 0 Å². The van der Waals surface area contributed by atoms with Gasteiger partial charge in [0.2, 0.25) is 0 Å². The number of rotatable bonds is 3. The molecule has 1 aromatic heterocycles. The first-order chi connectivity index (χ1) is 11.7. The minimum Gasteiger partial charge on any atom is -0.459 e. The van der Waals surface area contributed by atoms with Gasteiger partial charge in [-0.3, -0.25) is 4.79 Å². The van der Waals surface area contributed by atoms with Crippen molar-refractivity contribution in [3.63, 3.8) is 0 Å². The van der Waals surface area contributed by atoms with Crippen LogP contribution in [0.5, 0.6) is 0 Å². The molecule has 4 rings (SSSR count). The van der Waals surface area contributed by atoms with E-state index in [2.05, 4.69) is 0 Å². The predicted octanol–water partition coefficient (Wildman–Crippen LogP) is 3.69. The van der Waals surface area contributed by atoms with Crippen LogP contribution in [0.3, 0.4) is 0 Å². The summed E-state index contributed by atoms with van der Waals surface area (Å²) in [5, 5.41) is 9.23. The number of carbonyl (C=O) groups is 1. The van der Waals surface area contributed by atoms with Crippen LogP contribution in [0.1, 0.15) is 21.7 Å². The van der Waals surface area contributed by atoms with Gasteiger partial charge in [0, 0.05) is 24.7 Å². The molecule has 0 bridgehead atoms. The highest BCUT2D eigenvalue weighted by atomic mass is 16.4. The molecule has 2 aromatic carbocycles. The second-order valence-electron chi connectivity index (χ2n) is 5.96. The van der Waals surface area contributed by atoms with Crippen molar-refractivity contribution >= 4 is 5.91 Å². The Kier molecular flexibility index (Phi) is 3.47. The lowest BCUT2D eigenvalue weighted by atomic mass is 9.92. The molecule has 0 saturated heterocycles. The zero-order valence-electron chi connectivity index (χ0n) is 13.3. The fourth-order valence-electron chi connectivity index (χ4n) is 3.26. The Morgan fingerprint density at radius 3 is 2.42 bits per heavy atom. The summed E-state index contributed by atoms with van der Waals surface area (Å²) in [5.74, 6) is 1.31. The molecular weight excluding hydrogens is 302 g/mol. The van der Waals surface area contributed by atoms with Crippen LogP contribution in [0.15, 0.2) is 59.0 Å². The maximum atomic E-state index is 12.3. The summed E-state index contributed by atoms with van der Waals surface area (Å²) in [7, 11) is 1.82. The van der Waals surface area contributed by atoms with Crippen molar-refractivity contribution < 1.29 is 14.3 Å². The third kappa shape index (κ3) is 2.23. The number of aliphatic hydroxyl groups is 1. The highest BCUT2D eigenvalue weighted by molar-refractivity contribution is 6.01. The summed E-state index contributed by atoms with van der Waals surface area (Å²) in [6, 6.07) is 17.5. The lowest BCUT2D eigenvalue weighted by Gasteiger charge is -2.12. The van der Waals surface area contributed by atoms with Gasteiger partial charge in [-0.25, -0.2) is 0 Å². The van der Waals surface area contributed by atoms with E-state index in [1.54, 1.807) is 11.0 Å². The van der Waals surface area contributed by atoms with E-state index in [9.17, 15) is 9.90 Å². The first-order valence-corrected chi connectivity index (χ1v) is 7.85. The van der Waals surface area contributed by atoms with E-state index in [4.69, 9.17) is 4.42 Å². The molecule has 4 nitrogen and oxygen atoms in total. The van der Waals surface area contributed by atoms with E-state index in [1.165, 1.54) is 0 Å². The van der Waals surface area contributed by atoms with Crippen LogP contribution >= 0.6 is 0 Å². The molecule has 0 saturated carbocycles. The molecule has 24 heavy (non-hydrogen) atoms. The number of fused-ring (bicyclic) bond motifs is 1. The van der Waals surface area contributed by atoms with E-state index < -0.39 is 0 Å². The first kappa shape index (κ1) is 14.7. The molecule has 1 aliphatic rings. The standard InChI is InChI=1S/C20H17NO3/c1-21-11-18-15(7-4-8-17(18)20(21)23)14-5-2-3-6-16(14)19-10-9-13(12-22)24-19/h2-10,22H,11-12H2,1H3. The van der Waals surface area contributed by atoms with Crippen molar-refractivity contribution in [2.45, 2.75) is 13.2 Å². The second-order valence-corrected chi connectivity index (χ2v) is 5.96. The zero-order chi connectivity index (χ0) is 16.7. The van der Waals surface area contributed by atoms with Crippen LogP contribution in [-0.4, -0.2) is 23.0 Å². The summed E-state index contributed by atoms with van der Waals surface area (Å²) >= 11 is 0. The smallest absolute Gasteiger partial charge is 0.254 e. The number of nitrogens with zero attached hydrogens (tertiary/aromatic N) is 1. The fraction of sp³-hybridized carbons (Fsp3) is 0.150. The molecule has 1 aliphatic heterocycles. The summed E-state index contributed by atoms with van der Waals surface area (Å²) in [6.07, 6.45) is 0. The molecule has 0 unspecified atom stereocenters. The summed E-state index contributed by atoms with van der Waals surface area (Å²) < 4.78 is 5.72. The van der Waals surface area contributed by atoms with Crippen LogP contribution in [-0.2, 0) is 13.2 Å². The topological polar surface area (TPSA) is 53.7 Å². The summed E-state index contributed by atoms with van der Waals surface area (Å²) in [5.41, 5.74) is 4.83. The molecule has 0 spiro atoms. The Morgan fingerprint density at radius 1 is 0.958 bits per heavy atom. The Morgan fingerprint density at radius 2 is 1.67 bits per heavy atom. The van der Waals surface area contributed by atoms with Crippen LogP contribution in [0.4, 0.5) is 0 Å². The van der Waals surface area contributed by atoms with Gasteiger partial charge in [-0.1, -0.05) is 36.4 Å². The van der Waals surface area contributed by atoms with Gasteiger partial charge in [0.1, 0.15) is 18.1 Å². The third-order valence-corrected chi connectivity index (χ3v) is 4.45. The Hall–Kier alpha value is -2.85. The molecule has 0 radical (unpaired) electrons. The van der Waals surface area contributed by atoms with Gasteiger partial charge < -0.3 is 14.4 Å². The molecule has 0 fully saturated rings. The Bertz CT molecular complexity index is 926. The number of hydrogen-bond donors (Lipinski definition) is 1. The molecule has 2 heterocycles. The van der Waals surface area contributed by atoms with Gasteiger partial charge in [0.25, 0.3) is 5.91 Å². The Balaban J connectivity index is 1.89. The molecule has 3 aromatic rings. The molecule has 4 heteroatoms. The minimum absolute atomic E-state index is 0.0601. The largest absolute Gasteiger partial charge is 0.459 e. The molecule has 1 N–H and O–H groups in total. The van der Waals surface area contributed by atoms with E-state index in [1.807, 2.05) is 55.6 Å². The van der Waals surface area contributed by atoms with Crippen LogP contribution in [0.25, 0.3) is 22.5 Å². The second kappa shape index (κ2) is 5.65. The maximum Gasteiger partial charge on any atom is 0.254 e. The average Bonchev–Trinajstić information content (AvgIpc) is 3.20. The lowest BCUT2D eigenvalue weighted by molar-refractivity contribution is 0.0816. The number of hydrogen-bond acceptors (Lipinski definition) is 3. The van der Waals surface area contributed by atoms with Crippen LogP contribution < -0.4 is 0 Å². The van der Waals surface area contributed by atoms with Gasteiger partial charge in [-0.2, -0.15) is 0 Å². The monoisotopic (exact) mass is 319 g/mol. The van der Waals surface area contributed by atoms with E-state index in [0.29, 0.717) is 18.1 Å². The van der Waals surface area contributed by atoms with Crippen molar-refractivity contribution in [3.05, 3.63) is 71.5 Å². The van der Waals surface area contributed by atoms with E-state index in [-0.39, 0.29) is 12.5 Å². The first-order valence-electron chi connectivity index (χ1n) is 7.85. The van der Waals surface area contributed by atoms with Gasteiger partial charge >= 0.3 is 0 Å². The van der Waals surface area contributed by atoms with Crippen LogP contribution in [0, 0.1) is 0 Å². The van der Waals surface area contributed by atoms with Crippen molar-refractivity contribution in [1.82, 2.24) is 4.90 Å². The van der Waals surface area contributed by atoms with Gasteiger partial charge in [-0.15, -0.1) is 0 Å². The highest BCUT2D eigenvalue weighted by Gasteiger charge is 2.27. The Labute approximate surface area is 140 Å². The van der Waals surface area contributed by atoms with Crippen LogP contribution in [0.2, 0.25) is 0 Å². The molecule has 1 amide bonds. The average molecular weight is 319 g/mol. The number of amides is 1. The number of aliphatic hydroxyl groups excluding tert-OH is 1. The highest BCUT2D eigenvalue weighted by Crippen LogP contribution is 2.38. The summed E-state index contributed by atoms with van der Waals surface area (Å²) in [4.78, 5) is 14.0. The van der Waals surface area contributed by atoms with Gasteiger partial charge in [0.15, 0.2) is 0 Å². The number of carbonyl (C=O) groups excluding carboxylic acids is 1. The normalized spacial score (nSPS) is 13.4. The van der Waals surface area contributed by atoms with Gasteiger partial charge in [-0.05, 0) is 34.9 Å². The fourth-order valence-corrected chi connectivity index (χ4v) is 3.26. The molecular formula is C20H17NO3.